The third kappa shape index (κ3) is 3.00. The van der Waals surface area contributed by atoms with Crippen molar-refractivity contribution < 1.29 is 0 Å². The van der Waals surface area contributed by atoms with Crippen LogP contribution < -0.4 is 11.3 Å². The molecule has 0 aromatic carbocycles. The van der Waals surface area contributed by atoms with Crippen LogP contribution in [0.5, 0.6) is 0 Å². The molecule has 0 aliphatic carbocycles. The lowest BCUT2D eigenvalue weighted by molar-refractivity contribution is 0.338. The number of rotatable bonds is 5. The minimum Gasteiger partial charge on any atom is -0.271 e. The summed E-state index contributed by atoms with van der Waals surface area (Å²) in [4.78, 5) is 4.38. The predicted octanol–water partition coefficient (Wildman–Crippen LogP) is 2.78. The summed E-state index contributed by atoms with van der Waals surface area (Å²) >= 11 is 3.51. The molecule has 0 radical (unpaired) electrons. The minimum atomic E-state index is 0.121. The summed E-state index contributed by atoms with van der Waals surface area (Å²) in [6.45, 7) is 4.35. The average molecular weight is 272 g/mol. The van der Waals surface area contributed by atoms with E-state index in [1.165, 1.54) is 0 Å². The SMILES string of the molecule is CCC(CC)C(NN)c1ncccc1Br. The fourth-order valence-corrected chi connectivity index (χ4v) is 2.33. The molecule has 0 spiro atoms. The van der Waals surface area contributed by atoms with Gasteiger partial charge in [0.2, 0.25) is 0 Å². The Balaban J connectivity index is 2.96. The number of nitrogens with two attached hydrogens (primary N) is 1. The maximum Gasteiger partial charge on any atom is 0.0731 e. The van der Waals surface area contributed by atoms with E-state index in [0.717, 1.165) is 23.0 Å². The van der Waals surface area contributed by atoms with E-state index in [0.29, 0.717) is 5.92 Å². The lowest BCUT2D eigenvalue weighted by atomic mass is 9.92. The van der Waals surface area contributed by atoms with Gasteiger partial charge in [-0.2, -0.15) is 0 Å². The fraction of sp³-hybridized carbons (Fsp3) is 0.545. The van der Waals surface area contributed by atoms with E-state index >= 15 is 0 Å². The van der Waals surface area contributed by atoms with Crippen LogP contribution in [-0.2, 0) is 0 Å². The van der Waals surface area contributed by atoms with Crippen molar-refractivity contribution in [3.05, 3.63) is 28.5 Å². The van der Waals surface area contributed by atoms with E-state index in [2.05, 4.69) is 40.2 Å². The largest absolute Gasteiger partial charge is 0.271 e. The van der Waals surface area contributed by atoms with Gasteiger partial charge in [-0.1, -0.05) is 26.7 Å². The van der Waals surface area contributed by atoms with Crippen LogP contribution in [0.15, 0.2) is 22.8 Å². The number of aromatic nitrogens is 1. The van der Waals surface area contributed by atoms with Gasteiger partial charge in [0.15, 0.2) is 0 Å². The van der Waals surface area contributed by atoms with Gasteiger partial charge in [0.25, 0.3) is 0 Å². The quantitative estimate of drug-likeness (QED) is 0.640. The van der Waals surface area contributed by atoms with E-state index in [1.54, 1.807) is 6.20 Å². The molecule has 1 rings (SSSR count). The number of nitrogens with zero attached hydrogens (tertiary/aromatic N) is 1. The molecule has 0 fully saturated rings. The van der Waals surface area contributed by atoms with Crippen molar-refractivity contribution in [2.24, 2.45) is 11.8 Å². The van der Waals surface area contributed by atoms with Crippen LogP contribution in [0, 0.1) is 5.92 Å². The third-order valence-electron chi connectivity index (χ3n) is 2.78. The number of hydrazine groups is 1. The summed E-state index contributed by atoms with van der Waals surface area (Å²) in [5.74, 6) is 6.13. The first kappa shape index (κ1) is 12.6. The maximum absolute atomic E-state index is 5.61. The van der Waals surface area contributed by atoms with Crippen molar-refractivity contribution in [3.63, 3.8) is 0 Å². The van der Waals surface area contributed by atoms with Crippen molar-refractivity contribution in [2.75, 3.05) is 0 Å². The van der Waals surface area contributed by atoms with Crippen LogP contribution in [0.25, 0.3) is 0 Å². The number of pyridine rings is 1. The number of hydrogen-bond acceptors (Lipinski definition) is 3. The second kappa shape index (κ2) is 6.20. The molecule has 0 bridgehead atoms. The Morgan fingerprint density at radius 3 is 2.60 bits per heavy atom. The van der Waals surface area contributed by atoms with Gasteiger partial charge in [-0.05, 0) is 34.0 Å². The number of hydrogen-bond donors (Lipinski definition) is 2. The van der Waals surface area contributed by atoms with Gasteiger partial charge in [0.1, 0.15) is 0 Å². The van der Waals surface area contributed by atoms with Gasteiger partial charge in [0.05, 0.1) is 11.7 Å². The van der Waals surface area contributed by atoms with Crippen LogP contribution >= 0.6 is 15.9 Å². The molecule has 0 aliphatic heterocycles. The molecule has 0 saturated heterocycles. The highest BCUT2D eigenvalue weighted by Gasteiger charge is 2.21. The molecule has 1 aromatic heterocycles. The molecule has 3 N–H and O–H groups in total. The lowest BCUT2D eigenvalue weighted by Gasteiger charge is -2.24. The van der Waals surface area contributed by atoms with Gasteiger partial charge >= 0.3 is 0 Å². The Bertz CT molecular complexity index is 300. The summed E-state index contributed by atoms with van der Waals surface area (Å²) in [5, 5.41) is 0. The summed E-state index contributed by atoms with van der Waals surface area (Å²) < 4.78 is 1.01. The Labute approximate surface area is 99.6 Å². The van der Waals surface area contributed by atoms with Crippen LogP contribution in [0.1, 0.15) is 38.4 Å². The van der Waals surface area contributed by atoms with Gasteiger partial charge in [-0.25, -0.2) is 0 Å². The highest BCUT2D eigenvalue weighted by atomic mass is 79.9. The molecule has 0 aliphatic rings. The first-order valence-corrected chi connectivity index (χ1v) is 6.10. The normalized spacial score (nSPS) is 13.1. The van der Waals surface area contributed by atoms with Gasteiger partial charge in [-0.3, -0.25) is 16.3 Å². The van der Waals surface area contributed by atoms with Crippen LogP contribution in [0.3, 0.4) is 0 Å². The molecule has 0 amide bonds. The summed E-state index contributed by atoms with van der Waals surface area (Å²) in [7, 11) is 0. The fourth-order valence-electron chi connectivity index (χ4n) is 1.83. The summed E-state index contributed by atoms with van der Waals surface area (Å²) in [6, 6.07) is 4.03. The molecule has 15 heavy (non-hydrogen) atoms. The molecule has 84 valence electrons. The smallest absolute Gasteiger partial charge is 0.0731 e. The third-order valence-corrected chi connectivity index (χ3v) is 3.45. The van der Waals surface area contributed by atoms with Crippen LogP contribution in [-0.4, -0.2) is 4.98 Å². The molecule has 1 heterocycles. The Morgan fingerprint density at radius 2 is 2.13 bits per heavy atom. The molecule has 3 nitrogen and oxygen atoms in total. The van der Waals surface area contributed by atoms with Crippen molar-refractivity contribution >= 4 is 15.9 Å². The zero-order valence-electron chi connectivity index (χ0n) is 9.20. The predicted molar refractivity (Wildman–Crippen MR) is 66.1 cm³/mol. The Kier molecular flexibility index (Phi) is 5.22. The second-order valence-corrected chi connectivity index (χ2v) is 4.45. The molecule has 1 unspecified atom stereocenters. The van der Waals surface area contributed by atoms with Gasteiger partial charge < -0.3 is 0 Å². The first-order valence-electron chi connectivity index (χ1n) is 5.31. The van der Waals surface area contributed by atoms with Gasteiger partial charge in [-0.15, -0.1) is 0 Å². The molecular weight excluding hydrogens is 254 g/mol. The molecule has 1 aromatic rings. The highest BCUT2D eigenvalue weighted by Crippen LogP contribution is 2.29. The first-order chi connectivity index (χ1) is 7.24. The van der Waals surface area contributed by atoms with Gasteiger partial charge in [0, 0.05) is 10.7 Å². The zero-order chi connectivity index (χ0) is 11.3. The number of nitrogens with one attached hydrogen (secondary N) is 1. The molecular formula is C11H18BrN3. The minimum absolute atomic E-state index is 0.121. The van der Waals surface area contributed by atoms with E-state index < -0.39 is 0 Å². The Morgan fingerprint density at radius 1 is 1.47 bits per heavy atom. The number of halogens is 1. The van der Waals surface area contributed by atoms with E-state index in [1.807, 2.05) is 12.1 Å². The standard InChI is InChI=1S/C11H18BrN3/c1-3-8(4-2)10(15-13)11-9(12)6-5-7-14-11/h5-8,10,15H,3-4,13H2,1-2H3. The van der Waals surface area contributed by atoms with Crippen molar-refractivity contribution in [1.29, 1.82) is 0 Å². The van der Waals surface area contributed by atoms with E-state index in [-0.39, 0.29) is 6.04 Å². The monoisotopic (exact) mass is 271 g/mol. The van der Waals surface area contributed by atoms with Crippen molar-refractivity contribution in [3.8, 4) is 0 Å². The van der Waals surface area contributed by atoms with Crippen LogP contribution in [0.2, 0.25) is 0 Å². The Hall–Kier alpha value is -0.450. The lowest BCUT2D eigenvalue weighted by Crippen LogP contribution is -2.34. The van der Waals surface area contributed by atoms with E-state index in [9.17, 15) is 0 Å². The maximum atomic E-state index is 5.61. The van der Waals surface area contributed by atoms with Crippen molar-refractivity contribution in [2.45, 2.75) is 32.7 Å². The molecule has 1 atom stereocenters. The van der Waals surface area contributed by atoms with Crippen LogP contribution in [0.4, 0.5) is 0 Å². The highest BCUT2D eigenvalue weighted by molar-refractivity contribution is 9.10. The molecule has 0 saturated carbocycles. The average Bonchev–Trinajstić information content (AvgIpc) is 2.27. The topological polar surface area (TPSA) is 50.9 Å². The van der Waals surface area contributed by atoms with E-state index in [4.69, 9.17) is 5.84 Å². The zero-order valence-corrected chi connectivity index (χ0v) is 10.8. The summed E-state index contributed by atoms with van der Waals surface area (Å²) in [6.07, 6.45) is 3.98. The van der Waals surface area contributed by atoms with Crippen molar-refractivity contribution in [1.82, 2.24) is 10.4 Å². The summed E-state index contributed by atoms with van der Waals surface area (Å²) in [5.41, 5.74) is 3.86. The molecule has 4 heteroatoms. The second-order valence-electron chi connectivity index (χ2n) is 3.59.